The van der Waals surface area contributed by atoms with Gasteiger partial charge in [-0.3, -0.25) is 0 Å². The molecule has 1 unspecified atom stereocenters. The Morgan fingerprint density at radius 1 is 1.18 bits per heavy atom. The second-order valence-corrected chi connectivity index (χ2v) is 4.66. The normalized spacial score (nSPS) is 13.8. The van der Waals surface area contributed by atoms with E-state index >= 15 is 0 Å². The Hall–Kier alpha value is -0.820. The molecule has 7 heteroatoms. The van der Waals surface area contributed by atoms with Crippen LogP contribution < -0.4 is 0 Å². The number of alkyl halides is 3. The van der Waals surface area contributed by atoms with E-state index in [4.69, 9.17) is 5.11 Å². The third kappa shape index (κ3) is 3.85. The van der Waals surface area contributed by atoms with Crippen molar-refractivity contribution in [3.63, 3.8) is 0 Å². The third-order valence-electron chi connectivity index (χ3n) is 2.36. The van der Waals surface area contributed by atoms with Crippen molar-refractivity contribution < 1.29 is 18.3 Å². The van der Waals surface area contributed by atoms with Crippen LogP contribution in [-0.4, -0.2) is 33.1 Å². The molecular formula is C10H13F3N2OS. The molecule has 17 heavy (non-hydrogen) atoms. The highest BCUT2D eigenvalue weighted by Crippen LogP contribution is 2.25. The Balaban J connectivity index is 2.71. The van der Waals surface area contributed by atoms with Crippen molar-refractivity contribution >= 4 is 11.8 Å². The number of thioether (sulfide) groups is 1. The highest BCUT2D eigenvalue weighted by Gasteiger charge is 2.38. The minimum Gasteiger partial charge on any atom is -0.383 e. The predicted molar refractivity (Wildman–Crippen MR) is 59.0 cm³/mol. The van der Waals surface area contributed by atoms with E-state index in [9.17, 15) is 13.2 Å². The summed E-state index contributed by atoms with van der Waals surface area (Å²) in [6, 6.07) is 0. The molecule has 1 N–H and O–H groups in total. The quantitative estimate of drug-likeness (QED) is 0.674. The highest BCUT2D eigenvalue weighted by molar-refractivity contribution is 7.99. The molecule has 0 aliphatic rings. The first-order chi connectivity index (χ1) is 7.71. The molecule has 1 aromatic rings. The molecular weight excluding hydrogens is 253 g/mol. The molecule has 0 spiro atoms. The van der Waals surface area contributed by atoms with Crippen molar-refractivity contribution in [3.05, 3.63) is 17.0 Å². The molecule has 1 rings (SSSR count). The number of aryl methyl sites for hydroxylation is 2. The molecule has 0 aliphatic heterocycles. The van der Waals surface area contributed by atoms with Crippen LogP contribution in [0.1, 0.15) is 17.0 Å². The maximum atomic E-state index is 12.1. The van der Waals surface area contributed by atoms with Gasteiger partial charge in [0.25, 0.3) is 0 Å². The number of aliphatic hydroxyl groups excluding tert-OH is 1. The fourth-order valence-corrected chi connectivity index (χ4v) is 1.95. The largest absolute Gasteiger partial charge is 0.415 e. The van der Waals surface area contributed by atoms with Crippen LogP contribution in [0, 0.1) is 20.8 Å². The van der Waals surface area contributed by atoms with Crippen LogP contribution >= 0.6 is 11.8 Å². The first kappa shape index (κ1) is 14.2. The maximum Gasteiger partial charge on any atom is 0.415 e. The lowest BCUT2D eigenvalue weighted by atomic mass is 10.2. The van der Waals surface area contributed by atoms with Gasteiger partial charge in [0.05, 0.1) is 0 Å². The maximum absolute atomic E-state index is 12.1. The molecule has 3 nitrogen and oxygen atoms in total. The monoisotopic (exact) mass is 266 g/mol. The predicted octanol–water partition coefficient (Wildman–Crippen LogP) is 2.42. The minimum absolute atomic E-state index is 0.258. The van der Waals surface area contributed by atoms with Gasteiger partial charge in [-0.15, -0.1) is 0 Å². The lowest BCUT2D eigenvalue weighted by molar-refractivity contribution is -0.195. The van der Waals surface area contributed by atoms with Crippen LogP contribution in [0.3, 0.4) is 0 Å². The summed E-state index contributed by atoms with van der Waals surface area (Å²) < 4.78 is 36.2. The van der Waals surface area contributed by atoms with Gasteiger partial charge in [0.2, 0.25) is 0 Å². The summed E-state index contributed by atoms with van der Waals surface area (Å²) in [5.74, 6) is -0.495. The van der Waals surface area contributed by atoms with Crippen molar-refractivity contribution in [3.8, 4) is 0 Å². The summed E-state index contributed by atoms with van der Waals surface area (Å²) in [7, 11) is 0. The smallest absolute Gasteiger partial charge is 0.383 e. The van der Waals surface area contributed by atoms with Crippen LogP contribution in [0.15, 0.2) is 5.16 Å². The number of nitrogens with zero attached hydrogens (tertiary/aromatic N) is 2. The Bertz CT molecular complexity index is 386. The van der Waals surface area contributed by atoms with Crippen LogP contribution in [0.2, 0.25) is 0 Å². The zero-order valence-electron chi connectivity index (χ0n) is 9.67. The van der Waals surface area contributed by atoms with Crippen molar-refractivity contribution in [2.24, 2.45) is 0 Å². The van der Waals surface area contributed by atoms with Crippen molar-refractivity contribution in [2.75, 3.05) is 5.75 Å². The van der Waals surface area contributed by atoms with Crippen LogP contribution in [0.4, 0.5) is 13.2 Å². The zero-order chi connectivity index (χ0) is 13.2. The van der Waals surface area contributed by atoms with Gasteiger partial charge in [-0.1, -0.05) is 11.8 Å². The molecule has 96 valence electrons. The summed E-state index contributed by atoms with van der Waals surface area (Å²) in [4.78, 5) is 8.12. The third-order valence-corrected chi connectivity index (χ3v) is 3.28. The molecule has 1 aromatic heterocycles. The van der Waals surface area contributed by atoms with Crippen molar-refractivity contribution in [1.29, 1.82) is 0 Å². The molecule has 0 amide bonds. The van der Waals surface area contributed by atoms with Gasteiger partial charge < -0.3 is 5.11 Å². The molecule has 1 atom stereocenters. The van der Waals surface area contributed by atoms with E-state index in [-0.39, 0.29) is 5.16 Å². The first-order valence-corrected chi connectivity index (χ1v) is 5.89. The number of aliphatic hydroxyl groups is 1. The lowest BCUT2D eigenvalue weighted by Gasteiger charge is -2.13. The number of halogens is 3. The van der Waals surface area contributed by atoms with Crippen molar-refractivity contribution in [1.82, 2.24) is 9.97 Å². The van der Waals surface area contributed by atoms with Gasteiger partial charge in [-0.05, 0) is 26.3 Å². The van der Waals surface area contributed by atoms with E-state index < -0.39 is 18.0 Å². The average Bonchev–Trinajstić information content (AvgIpc) is 2.20. The molecule has 1 heterocycles. The fraction of sp³-hybridized carbons (Fsp3) is 0.600. The highest BCUT2D eigenvalue weighted by atomic mass is 32.2. The number of hydrogen-bond donors (Lipinski definition) is 1. The van der Waals surface area contributed by atoms with Crippen LogP contribution in [-0.2, 0) is 0 Å². The molecule has 0 aromatic carbocycles. The molecule has 0 saturated heterocycles. The average molecular weight is 266 g/mol. The first-order valence-electron chi connectivity index (χ1n) is 4.91. The van der Waals surface area contributed by atoms with Gasteiger partial charge in [-0.25, -0.2) is 9.97 Å². The summed E-state index contributed by atoms with van der Waals surface area (Å²) >= 11 is 0.800. The van der Waals surface area contributed by atoms with E-state index in [2.05, 4.69) is 9.97 Å². The molecule has 0 radical (unpaired) electrons. The minimum atomic E-state index is -4.60. The molecule has 0 bridgehead atoms. The Labute approximate surface area is 101 Å². The van der Waals surface area contributed by atoms with Gasteiger partial charge >= 0.3 is 6.18 Å². The molecule has 0 aliphatic carbocycles. The second-order valence-electron chi connectivity index (χ2n) is 3.67. The number of rotatable bonds is 3. The standard InChI is InChI=1S/C10H13F3N2OS/c1-5-6(2)14-9(15-7(5)3)17-4-8(16)10(11,12)13/h8,16H,4H2,1-3H3. The van der Waals surface area contributed by atoms with E-state index in [1.165, 1.54) is 0 Å². The fourth-order valence-electron chi connectivity index (χ4n) is 1.05. The van der Waals surface area contributed by atoms with Gasteiger partial charge in [0.1, 0.15) is 0 Å². The Morgan fingerprint density at radius 3 is 2.06 bits per heavy atom. The van der Waals surface area contributed by atoms with E-state index in [1.54, 1.807) is 13.8 Å². The molecule has 0 fully saturated rings. The van der Waals surface area contributed by atoms with Crippen LogP contribution in [0.5, 0.6) is 0 Å². The van der Waals surface area contributed by atoms with E-state index in [0.717, 1.165) is 28.7 Å². The van der Waals surface area contributed by atoms with Crippen LogP contribution in [0.25, 0.3) is 0 Å². The zero-order valence-corrected chi connectivity index (χ0v) is 10.5. The second kappa shape index (κ2) is 5.22. The topological polar surface area (TPSA) is 46.0 Å². The van der Waals surface area contributed by atoms with Gasteiger partial charge in [0, 0.05) is 17.1 Å². The van der Waals surface area contributed by atoms with E-state index in [0.29, 0.717) is 0 Å². The van der Waals surface area contributed by atoms with Crippen molar-refractivity contribution in [2.45, 2.75) is 38.2 Å². The van der Waals surface area contributed by atoms with Gasteiger partial charge in [-0.2, -0.15) is 13.2 Å². The van der Waals surface area contributed by atoms with Gasteiger partial charge in [0.15, 0.2) is 11.3 Å². The Morgan fingerprint density at radius 2 is 1.65 bits per heavy atom. The lowest BCUT2D eigenvalue weighted by Crippen LogP contribution is -2.30. The van der Waals surface area contributed by atoms with E-state index in [1.807, 2.05) is 6.92 Å². The summed E-state index contributed by atoms with van der Waals surface area (Å²) in [6.07, 6.45) is -6.94. The SMILES string of the molecule is Cc1nc(SCC(O)C(F)(F)F)nc(C)c1C. The summed E-state index contributed by atoms with van der Waals surface area (Å²) in [6.45, 7) is 5.40. The number of hydrogen-bond acceptors (Lipinski definition) is 4. The molecule has 0 saturated carbocycles. The Kier molecular flexibility index (Phi) is 4.37. The number of aromatic nitrogens is 2. The summed E-state index contributed by atoms with van der Waals surface area (Å²) in [5, 5.41) is 9.10. The summed E-state index contributed by atoms with van der Waals surface area (Å²) in [5.41, 5.74) is 2.40.